The minimum Gasteiger partial charge on any atom is -0.375 e. The largest absolute Gasteiger partial charge is 0.375 e. The SMILES string of the molecule is N#Cc1ccc(-c2ccc(F)c(CC3CNCCO3)c2-c2cncs2)cc1F. The zero-order chi connectivity index (χ0) is 19.5. The summed E-state index contributed by atoms with van der Waals surface area (Å²) in [7, 11) is 0. The van der Waals surface area contributed by atoms with Crippen LogP contribution in [0.2, 0.25) is 0 Å². The second-order valence-corrected chi connectivity index (χ2v) is 7.41. The minimum absolute atomic E-state index is 0.0212. The van der Waals surface area contributed by atoms with Crippen LogP contribution in [-0.4, -0.2) is 30.8 Å². The number of halogens is 2. The van der Waals surface area contributed by atoms with Gasteiger partial charge in [0.25, 0.3) is 0 Å². The van der Waals surface area contributed by atoms with Gasteiger partial charge in [-0.25, -0.2) is 8.78 Å². The third kappa shape index (κ3) is 3.67. The van der Waals surface area contributed by atoms with Crippen molar-refractivity contribution >= 4 is 11.3 Å². The van der Waals surface area contributed by atoms with Gasteiger partial charge in [-0.2, -0.15) is 5.26 Å². The van der Waals surface area contributed by atoms with Crippen molar-refractivity contribution in [1.82, 2.24) is 10.3 Å². The first-order valence-electron chi connectivity index (χ1n) is 8.90. The summed E-state index contributed by atoms with van der Waals surface area (Å²) in [6.07, 6.45) is 1.95. The molecule has 0 radical (unpaired) electrons. The van der Waals surface area contributed by atoms with Crippen LogP contribution in [0.25, 0.3) is 21.6 Å². The second-order valence-electron chi connectivity index (χ2n) is 6.52. The van der Waals surface area contributed by atoms with E-state index in [1.807, 2.05) is 6.07 Å². The van der Waals surface area contributed by atoms with Crippen LogP contribution in [0.1, 0.15) is 11.1 Å². The highest BCUT2D eigenvalue weighted by molar-refractivity contribution is 7.13. The lowest BCUT2D eigenvalue weighted by Gasteiger charge is -2.25. The minimum atomic E-state index is -0.596. The molecule has 2 aromatic carbocycles. The molecule has 0 spiro atoms. The molecule has 1 N–H and O–H groups in total. The Morgan fingerprint density at radius 2 is 2.14 bits per heavy atom. The van der Waals surface area contributed by atoms with Crippen LogP contribution in [-0.2, 0) is 11.2 Å². The molecule has 1 atom stereocenters. The quantitative estimate of drug-likeness (QED) is 0.718. The van der Waals surface area contributed by atoms with Gasteiger partial charge in [-0.15, -0.1) is 11.3 Å². The van der Waals surface area contributed by atoms with Gasteiger partial charge in [-0.1, -0.05) is 12.1 Å². The molecule has 1 saturated heterocycles. The van der Waals surface area contributed by atoms with Crippen LogP contribution in [0.15, 0.2) is 42.0 Å². The lowest BCUT2D eigenvalue weighted by atomic mass is 9.91. The average Bonchev–Trinajstić information content (AvgIpc) is 3.24. The molecule has 1 fully saturated rings. The van der Waals surface area contributed by atoms with E-state index in [2.05, 4.69) is 10.3 Å². The lowest BCUT2D eigenvalue weighted by molar-refractivity contribution is 0.0288. The van der Waals surface area contributed by atoms with Crippen molar-refractivity contribution in [2.45, 2.75) is 12.5 Å². The molecule has 142 valence electrons. The molecule has 3 aromatic rings. The van der Waals surface area contributed by atoms with Gasteiger partial charge < -0.3 is 10.1 Å². The van der Waals surface area contributed by atoms with Gasteiger partial charge in [0.15, 0.2) is 0 Å². The molecule has 1 aliphatic heterocycles. The van der Waals surface area contributed by atoms with E-state index in [1.54, 1.807) is 23.8 Å². The van der Waals surface area contributed by atoms with E-state index in [0.29, 0.717) is 41.8 Å². The summed E-state index contributed by atoms with van der Waals surface area (Å²) in [5.74, 6) is -0.920. The Labute approximate surface area is 165 Å². The van der Waals surface area contributed by atoms with Crippen molar-refractivity contribution in [2.75, 3.05) is 19.7 Å². The van der Waals surface area contributed by atoms with E-state index >= 15 is 0 Å². The molecule has 0 aliphatic carbocycles. The summed E-state index contributed by atoms with van der Waals surface area (Å²) in [6.45, 7) is 2.02. The molecule has 28 heavy (non-hydrogen) atoms. The molecule has 1 aliphatic rings. The summed E-state index contributed by atoms with van der Waals surface area (Å²) >= 11 is 1.40. The van der Waals surface area contributed by atoms with Crippen molar-refractivity contribution in [3.8, 4) is 27.6 Å². The fourth-order valence-corrected chi connectivity index (χ4v) is 4.14. The predicted molar refractivity (Wildman–Crippen MR) is 104 cm³/mol. The van der Waals surface area contributed by atoms with Crippen molar-refractivity contribution in [2.24, 2.45) is 0 Å². The third-order valence-electron chi connectivity index (χ3n) is 4.77. The van der Waals surface area contributed by atoms with Crippen LogP contribution < -0.4 is 5.32 Å². The highest BCUT2D eigenvalue weighted by atomic mass is 32.1. The van der Waals surface area contributed by atoms with Crippen LogP contribution in [0, 0.1) is 23.0 Å². The Bertz CT molecular complexity index is 1020. The maximum atomic E-state index is 14.9. The summed E-state index contributed by atoms with van der Waals surface area (Å²) < 4.78 is 34.9. The number of aromatic nitrogens is 1. The molecular weight excluding hydrogens is 380 g/mol. The Hall–Kier alpha value is -2.66. The number of hydrogen-bond acceptors (Lipinski definition) is 5. The first kappa shape index (κ1) is 18.7. The van der Waals surface area contributed by atoms with Gasteiger partial charge in [0.05, 0.1) is 28.7 Å². The van der Waals surface area contributed by atoms with Crippen LogP contribution >= 0.6 is 11.3 Å². The molecular formula is C21H17F2N3OS. The number of nitrogens with zero attached hydrogens (tertiary/aromatic N) is 2. The topological polar surface area (TPSA) is 57.9 Å². The molecule has 0 amide bonds. The number of ether oxygens (including phenoxy) is 1. The van der Waals surface area contributed by atoms with Gasteiger partial charge in [-0.3, -0.25) is 4.98 Å². The summed E-state index contributed by atoms with van der Waals surface area (Å²) in [5, 5.41) is 12.2. The molecule has 1 unspecified atom stereocenters. The molecule has 4 rings (SSSR count). The summed E-state index contributed by atoms with van der Waals surface area (Å²) in [5.41, 5.74) is 4.18. The van der Waals surface area contributed by atoms with E-state index in [4.69, 9.17) is 10.00 Å². The highest BCUT2D eigenvalue weighted by Crippen LogP contribution is 2.39. The molecule has 0 saturated carbocycles. The number of benzene rings is 2. The zero-order valence-electron chi connectivity index (χ0n) is 14.9. The number of hydrogen-bond donors (Lipinski definition) is 1. The number of rotatable bonds is 4. The fraction of sp³-hybridized carbons (Fsp3) is 0.238. The Morgan fingerprint density at radius 3 is 2.82 bits per heavy atom. The second kappa shape index (κ2) is 8.15. The van der Waals surface area contributed by atoms with Crippen LogP contribution in [0.4, 0.5) is 8.78 Å². The van der Waals surface area contributed by atoms with Crippen LogP contribution in [0.3, 0.4) is 0 Å². The zero-order valence-corrected chi connectivity index (χ0v) is 15.7. The number of nitriles is 1. The Kier molecular flexibility index (Phi) is 5.44. The highest BCUT2D eigenvalue weighted by Gasteiger charge is 2.23. The van der Waals surface area contributed by atoms with Gasteiger partial charge in [0.1, 0.15) is 17.7 Å². The normalized spacial score (nSPS) is 16.7. The van der Waals surface area contributed by atoms with E-state index in [9.17, 15) is 8.78 Å². The van der Waals surface area contributed by atoms with Crippen LogP contribution in [0.5, 0.6) is 0 Å². The summed E-state index contributed by atoms with van der Waals surface area (Å²) in [4.78, 5) is 4.93. The van der Waals surface area contributed by atoms with E-state index < -0.39 is 5.82 Å². The molecule has 2 heterocycles. The monoisotopic (exact) mass is 397 g/mol. The standard InChI is InChI=1S/C21H17F2N3OS/c22-18-4-3-16(13-1-2-14(9-24)19(23)7-13)21(20-11-26-12-28-20)17(18)8-15-10-25-5-6-27-15/h1-4,7,11-12,15,25H,5-6,8,10H2. The molecule has 7 heteroatoms. The van der Waals surface area contributed by atoms with Crippen molar-refractivity contribution < 1.29 is 13.5 Å². The Morgan fingerprint density at radius 1 is 1.25 bits per heavy atom. The average molecular weight is 397 g/mol. The number of morpholine rings is 1. The van der Waals surface area contributed by atoms with Gasteiger partial charge in [0, 0.05) is 31.3 Å². The van der Waals surface area contributed by atoms with Gasteiger partial charge in [-0.05, 0) is 34.9 Å². The van der Waals surface area contributed by atoms with Crippen molar-refractivity contribution in [3.63, 3.8) is 0 Å². The maximum absolute atomic E-state index is 14.9. The lowest BCUT2D eigenvalue weighted by Crippen LogP contribution is -2.39. The number of thiazole rings is 1. The Balaban J connectivity index is 1.86. The van der Waals surface area contributed by atoms with E-state index in [1.165, 1.54) is 29.5 Å². The van der Waals surface area contributed by atoms with E-state index in [0.717, 1.165) is 11.4 Å². The maximum Gasteiger partial charge on any atom is 0.141 e. The number of nitrogens with one attached hydrogen (secondary N) is 1. The molecule has 0 bridgehead atoms. The van der Waals surface area contributed by atoms with Gasteiger partial charge in [0.2, 0.25) is 0 Å². The fourth-order valence-electron chi connectivity index (χ4n) is 3.44. The molecule has 1 aromatic heterocycles. The van der Waals surface area contributed by atoms with Crippen molar-refractivity contribution in [3.05, 3.63) is 64.8 Å². The third-order valence-corrected chi connectivity index (χ3v) is 5.56. The smallest absolute Gasteiger partial charge is 0.141 e. The summed E-state index contributed by atoms with van der Waals surface area (Å²) in [6, 6.07) is 9.32. The molecule has 4 nitrogen and oxygen atoms in total. The van der Waals surface area contributed by atoms with Crippen molar-refractivity contribution in [1.29, 1.82) is 5.26 Å². The van der Waals surface area contributed by atoms with Gasteiger partial charge >= 0.3 is 0 Å². The first-order chi connectivity index (χ1) is 13.7. The first-order valence-corrected chi connectivity index (χ1v) is 9.78. The predicted octanol–water partition coefficient (Wildman–Crippen LogP) is 4.16. The van der Waals surface area contributed by atoms with E-state index in [-0.39, 0.29) is 17.5 Å².